The van der Waals surface area contributed by atoms with Crippen LogP contribution in [0.15, 0.2) is 29.2 Å². The summed E-state index contributed by atoms with van der Waals surface area (Å²) in [6, 6.07) is 7.64. The Labute approximate surface area is 122 Å². The minimum Gasteiger partial charge on any atom is -0.382 e. The number of nitrogens with one attached hydrogen (secondary N) is 1. The molecule has 0 aliphatic heterocycles. The molecule has 0 unspecified atom stereocenters. The number of hydrogen-bond donors (Lipinski definition) is 1. The van der Waals surface area contributed by atoms with Gasteiger partial charge in [-0.3, -0.25) is 0 Å². The van der Waals surface area contributed by atoms with Crippen molar-refractivity contribution in [3.8, 4) is 0 Å². The highest BCUT2D eigenvalue weighted by molar-refractivity contribution is 7.90. The first-order chi connectivity index (χ1) is 9.49. The molecular formula is C16H25NO2S. The number of hydrogen-bond acceptors (Lipinski definition) is 3. The maximum absolute atomic E-state index is 11.6. The molecule has 0 atom stereocenters. The maximum Gasteiger partial charge on any atom is 0.175 e. The fourth-order valence-electron chi connectivity index (χ4n) is 3.06. The molecule has 112 valence electrons. The summed E-state index contributed by atoms with van der Waals surface area (Å²) in [7, 11) is -3.12. The van der Waals surface area contributed by atoms with Gasteiger partial charge in [0.1, 0.15) is 0 Å². The molecule has 1 fully saturated rings. The van der Waals surface area contributed by atoms with Gasteiger partial charge in [0.15, 0.2) is 9.84 Å². The van der Waals surface area contributed by atoms with Gasteiger partial charge in [-0.1, -0.05) is 25.8 Å². The van der Waals surface area contributed by atoms with E-state index in [0.29, 0.717) is 10.9 Å². The van der Waals surface area contributed by atoms with Crippen LogP contribution in [0.25, 0.3) is 0 Å². The van der Waals surface area contributed by atoms with E-state index in [-0.39, 0.29) is 0 Å². The fourth-order valence-corrected chi connectivity index (χ4v) is 3.72. The number of anilines is 1. The van der Waals surface area contributed by atoms with Crippen molar-refractivity contribution >= 4 is 15.5 Å². The van der Waals surface area contributed by atoms with Crippen LogP contribution in [0.2, 0.25) is 0 Å². The van der Waals surface area contributed by atoms with Gasteiger partial charge in [-0.25, -0.2) is 8.42 Å². The summed E-state index contributed by atoms with van der Waals surface area (Å²) in [4.78, 5) is 0.391. The van der Waals surface area contributed by atoms with E-state index in [1.807, 2.05) is 6.07 Å². The number of benzene rings is 1. The van der Waals surface area contributed by atoms with Crippen molar-refractivity contribution in [2.24, 2.45) is 5.92 Å². The Bertz CT molecular complexity index is 531. The van der Waals surface area contributed by atoms with Gasteiger partial charge in [-0.2, -0.15) is 0 Å². The molecule has 0 aromatic heterocycles. The largest absolute Gasteiger partial charge is 0.382 e. The molecule has 1 saturated carbocycles. The SMILES string of the molecule is CCCC1CCC(Nc2cccc(S(C)(=O)=O)c2)CC1. The van der Waals surface area contributed by atoms with E-state index in [0.717, 1.165) is 11.6 Å². The number of rotatable bonds is 5. The highest BCUT2D eigenvalue weighted by Gasteiger charge is 2.20. The first kappa shape index (κ1) is 15.4. The Morgan fingerprint density at radius 1 is 1.20 bits per heavy atom. The van der Waals surface area contributed by atoms with E-state index in [1.54, 1.807) is 18.2 Å². The summed E-state index contributed by atoms with van der Waals surface area (Å²) in [6.45, 7) is 2.25. The Morgan fingerprint density at radius 2 is 1.90 bits per heavy atom. The van der Waals surface area contributed by atoms with Crippen LogP contribution in [-0.4, -0.2) is 20.7 Å². The van der Waals surface area contributed by atoms with E-state index in [4.69, 9.17) is 0 Å². The minimum absolute atomic E-state index is 0.391. The van der Waals surface area contributed by atoms with Crippen LogP contribution in [0.4, 0.5) is 5.69 Å². The zero-order chi connectivity index (χ0) is 14.6. The van der Waals surface area contributed by atoms with Gasteiger partial charge in [0.05, 0.1) is 4.90 Å². The van der Waals surface area contributed by atoms with E-state index in [2.05, 4.69) is 12.2 Å². The standard InChI is InChI=1S/C16H25NO2S/c1-3-5-13-8-10-14(11-9-13)17-15-6-4-7-16(12-15)20(2,18)19/h4,6-7,12-14,17H,3,5,8-11H2,1-2H3. The van der Waals surface area contributed by atoms with Crippen LogP contribution in [0.3, 0.4) is 0 Å². The highest BCUT2D eigenvalue weighted by Crippen LogP contribution is 2.29. The van der Waals surface area contributed by atoms with Crippen LogP contribution >= 0.6 is 0 Å². The van der Waals surface area contributed by atoms with Crippen molar-refractivity contribution in [3.05, 3.63) is 24.3 Å². The summed E-state index contributed by atoms with van der Waals surface area (Å²) in [6.07, 6.45) is 8.83. The van der Waals surface area contributed by atoms with E-state index in [1.165, 1.54) is 44.8 Å². The smallest absolute Gasteiger partial charge is 0.175 e. The second kappa shape index (κ2) is 6.61. The topological polar surface area (TPSA) is 46.2 Å². The van der Waals surface area contributed by atoms with Crippen molar-refractivity contribution < 1.29 is 8.42 Å². The molecule has 4 heteroatoms. The third-order valence-corrected chi connectivity index (χ3v) is 5.29. The van der Waals surface area contributed by atoms with Crippen molar-refractivity contribution in [3.63, 3.8) is 0 Å². The fraction of sp³-hybridized carbons (Fsp3) is 0.625. The van der Waals surface area contributed by atoms with Gasteiger partial charge in [-0.15, -0.1) is 0 Å². The van der Waals surface area contributed by atoms with E-state index < -0.39 is 9.84 Å². The normalized spacial score (nSPS) is 23.5. The Balaban J connectivity index is 1.95. The highest BCUT2D eigenvalue weighted by atomic mass is 32.2. The molecule has 0 amide bonds. The van der Waals surface area contributed by atoms with Gasteiger partial charge < -0.3 is 5.32 Å². The Morgan fingerprint density at radius 3 is 2.50 bits per heavy atom. The quantitative estimate of drug-likeness (QED) is 0.897. The summed E-state index contributed by atoms with van der Waals surface area (Å²) in [5.74, 6) is 0.889. The Hall–Kier alpha value is -1.03. The molecule has 3 nitrogen and oxygen atoms in total. The third kappa shape index (κ3) is 4.23. The molecular weight excluding hydrogens is 270 g/mol. The molecule has 1 aromatic carbocycles. The van der Waals surface area contributed by atoms with Crippen molar-refractivity contribution in [2.75, 3.05) is 11.6 Å². The lowest BCUT2D eigenvalue weighted by Gasteiger charge is -2.29. The second-order valence-corrected chi connectivity index (χ2v) is 7.97. The molecule has 1 aromatic rings. The van der Waals surface area contributed by atoms with Gasteiger partial charge >= 0.3 is 0 Å². The van der Waals surface area contributed by atoms with Gasteiger partial charge in [0.2, 0.25) is 0 Å². The summed E-state index contributed by atoms with van der Waals surface area (Å²) < 4.78 is 23.1. The zero-order valence-corrected chi connectivity index (χ0v) is 13.2. The first-order valence-electron chi connectivity index (χ1n) is 7.55. The molecule has 0 spiro atoms. The molecule has 0 radical (unpaired) electrons. The van der Waals surface area contributed by atoms with Crippen molar-refractivity contribution in [1.82, 2.24) is 0 Å². The summed E-state index contributed by atoms with van der Waals surface area (Å²) in [5, 5.41) is 3.49. The van der Waals surface area contributed by atoms with Gasteiger partial charge in [-0.05, 0) is 49.8 Å². The molecule has 0 bridgehead atoms. The predicted octanol–water partition coefficient (Wildman–Crippen LogP) is 3.86. The minimum atomic E-state index is -3.12. The molecule has 2 rings (SSSR count). The van der Waals surface area contributed by atoms with Crippen LogP contribution in [0, 0.1) is 5.92 Å². The summed E-state index contributed by atoms with van der Waals surface area (Å²) >= 11 is 0. The average Bonchev–Trinajstić information content (AvgIpc) is 2.41. The lowest BCUT2D eigenvalue weighted by atomic mass is 9.83. The van der Waals surface area contributed by atoms with Crippen molar-refractivity contribution in [2.45, 2.75) is 56.4 Å². The average molecular weight is 295 g/mol. The molecule has 1 aliphatic rings. The first-order valence-corrected chi connectivity index (χ1v) is 9.45. The monoisotopic (exact) mass is 295 g/mol. The van der Waals surface area contributed by atoms with E-state index in [9.17, 15) is 8.42 Å². The lowest BCUT2D eigenvalue weighted by Crippen LogP contribution is -2.26. The molecule has 0 saturated heterocycles. The van der Waals surface area contributed by atoms with Crippen LogP contribution < -0.4 is 5.32 Å². The molecule has 1 aliphatic carbocycles. The van der Waals surface area contributed by atoms with Gasteiger partial charge in [0.25, 0.3) is 0 Å². The lowest BCUT2D eigenvalue weighted by molar-refractivity contribution is 0.319. The van der Waals surface area contributed by atoms with Crippen LogP contribution in [0.5, 0.6) is 0 Å². The van der Waals surface area contributed by atoms with Crippen molar-refractivity contribution in [1.29, 1.82) is 0 Å². The van der Waals surface area contributed by atoms with Crippen LogP contribution in [0.1, 0.15) is 45.4 Å². The predicted molar refractivity (Wildman–Crippen MR) is 83.8 cm³/mol. The molecule has 20 heavy (non-hydrogen) atoms. The molecule has 1 N–H and O–H groups in total. The zero-order valence-electron chi connectivity index (χ0n) is 12.4. The Kier molecular flexibility index (Phi) is 5.08. The second-order valence-electron chi connectivity index (χ2n) is 5.95. The van der Waals surface area contributed by atoms with Gasteiger partial charge in [0, 0.05) is 18.0 Å². The summed E-state index contributed by atoms with van der Waals surface area (Å²) in [5.41, 5.74) is 0.923. The van der Waals surface area contributed by atoms with Crippen LogP contribution in [-0.2, 0) is 9.84 Å². The van der Waals surface area contributed by atoms with E-state index >= 15 is 0 Å². The molecule has 0 heterocycles. The maximum atomic E-state index is 11.6. The third-order valence-electron chi connectivity index (χ3n) is 4.18. The number of sulfone groups is 1.